The highest BCUT2D eigenvalue weighted by Gasteiger charge is 2.09. The monoisotopic (exact) mass is 345 g/mol. The fraction of sp³-hybridized carbons (Fsp3) is 0.125. The van der Waals surface area contributed by atoms with Crippen molar-refractivity contribution in [2.45, 2.75) is 11.8 Å². The summed E-state index contributed by atoms with van der Waals surface area (Å²) in [5, 5.41) is 10.6. The Balaban J connectivity index is 1.77. The molecule has 8 heteroatoms. The molecule has 2 N–H and O–H groups in total. The van der Waals surface area contributed by atoms with Crippen molar-refractivity contribution in [1.29, 1.82) is 0 Å². The number of nitrogens with one attached hydrogen (secondary N) is 2. The number of non-ortho nitro benzene ring substituents is 1. The summed E-state index contributed by atoms with van der Waals surface area (Å²) in [6, 6.07) is 12.8. The average molecular weight is 345 g/mol. The van der Waals surface area contributed by atoms with Gasteiger partial charge in [-0.1, -0.05) is 17.7 Å². The lowest BCUT2D eigenvalue weighted by molar-refractivity contribution is -0.384. The van der Waals surface area contributed by atoms with E-state index in [0.29, 0.717) is 5.56 Å². The number of rotatable bonds is 5. The number of hydrogen-bond donors (Lipinski definition) is 2. The fourth-order valence-electron chi connectivity index (χ4n) is 1.75. The molecule has 24 heavy (non-hydrogen) atoms. The summed E-state index contributed by atoms with van der Waals surface area (Å²) in [6.07, 6.45) is 0. The maximum Gasteiger partial charge on any atom is 0.269 e. The Morgan fingerprint density at radius 3 is 2.25 bits per heavy atom. The first-order valence-corrected chi connectivity index (χ1v) is 7.97. The molecular weight excluding hydrogens is 330 g/mol. The normalized spacial score (nSPS) is 10.0. The molecule has 0 aromatic heterocycles. The number of nitrogens with zero attached hydrogens (tertiary/aromatic N) is 1. The third kappa shape index (κ3) is 5.10. The predicted octanol–water partition coefficient (Wildman–Crippen LogP) is 2.46. The van der Waals surface area contributed by atoms with Crippen molar-refractivity contribution in [3.63, 3.8) is 0 Å². The molecular formula is C16H15N3O4S. The van der Waals surface area contributed by atoms with Crippen molar-refractivity contribution in [3.8, 4) is 0 Å². The van der Waals surface area contributed by atoms with Gasteiger partial charge in [0.05, 0.1) is 10.7 Å². The van der Waals surface area contributed by atoms with Gasteiger partial charge in [-0.05, 0) is 31.2 Å². The number of benzene rings is 2. The Morgan fingerprint density at radius 1 is 1.04 bits per heavy atom. The van der Waals surface area contributed by atoms with Crippen LogP contribution in [0.25, 0.3) is 0 Å². The van der Waals surface area contributed by atoms with Gasteiger partial charge in [0.1, 0.15) is 0 Å². The first kappa shape index (κ1) is 17.5. The topological polar surface area (TPSA) is 101 Å². The quantitative estimate of drug-likeness (QED) is 0.492. The summed E-state index contributed by atoms with van der Waals surface area (Å²) in [7, 11) is 0. The highest BCUT2D eigenvalue weighted by Crippen LogP contribution is 2.20. The van der Waals surface area contributed by atoms with Crippen molar-refractivity contribution in [2.75, 3.05) is 5.75 Å². The molecule has 0 atom stereocenters. The second-order valence-electron chi connectivity index (χ2n) is 4.91. The van der Waals surface area contributed by atoms with Crippen LogP contribution in [0, 0.1) is 17.0 Å². The van der Waals surface area contributed by atoms with E-state index in [1.54, 1.807) is 36.4 Å². The van der Waals surface area contributed by atoms with Gasteiger partial charge in [-0.25, -0.2) is 0 Å². The SMILES string of the molecule is Cc1ccc(C(=O)NNC(=O)CSc2ccc([N+](=O)[O-])cc2)cc1. The van der Waals surface area contributed by atoms with Crippen molar-refractivity contribution >= 4 is 29.3 Å². The maximum absolute atomic E-state index is 11.8. The molecule has 0 radical (unpaired) electrons. The molecule has 2 aromatic rings. The minimum atomic E-state index is -0.484. The van der Waals surface area contributed by atoms with E-state index in [0.717, 1.165) is 10.5 Å². The molecule has 0 saturated heterocycles. The maximum atomic E-state index is 11.8. The van der Waals surface area contributed by atoms with Crippen molar-refractivity contribution in [3.05, 3.63) is 69.8 Å². The lowest BCUT2D eigenvalue weighted by atomic mass is 10.1. The zero-order chi connectivity index (χ0) is 17.5. The van der Waals surface area contributed by atoms with E-state index < -0.39 is 10.8 Å². The van der Waals surface area contributed by atoms with Crippen LogP contribution in [0.4, 0.5) is 5.69 Å². The smallest absolute Gasteiger partial charge is 0.269 e. The molecule has 0 bridgehead atoms. The largest absolute Gasteiger partial charge is 0.272 e. The van der Waals surface area contributed by atoms with Crippen LogP contribution in [0.15, 0.2) is 53.4 Å². The highest BCUT2D eigenvalue weighted by molar-refractivity contribution is 8.00. The van der Waals surface area contributed by atoms with E-state index >= 15 is 0 Å². The summed E-state index contributed by atoms with van der Waals surface area (Å²) < 4.78 is 0. The van der Waals surface area contributed by atoms with Crippen molar-refractivity contribution in [2.24, 2.45) is 0 Å². The average Bonchev–Trinajstić information content (AvgIpc) is 2.58. The second-order valence-corrected chi connectivity index (χ2v) is 5.96. The van der Waals surface area contributed by atoms with Crippen LogP contribution in [0.3, 0.4) is 0 Å². The molecule has 0 heterocycles. The summed E-state index contributed by atoms with van der Waals surface area (Å²) in [6.45, 7) is 1.92. The van der Waals surface area contributed by atoms with Crippen LogP contribution in [-0.2, 0) is 4.79 Å². The molecule has 124 valence electrons. The lowest BCUT2D eigenvalue weighted by Crippen LogP contribution is -2.42. The Bertz CT molecular complexity index is 745. The number of aryl methyl sites for hydroxylation is 1. The lowest BCUT2D eigenvalue weighted by Gasteiger charge is -2.07. The number of nitro groups is 1. The van der Waals surface area contributed by atoms with Gasteiger partial charge in [0, 0.05) is 22.6 Å². The van der Waals surface area contributed by atoms with Gasteiger partial charge in [0.2, 0.25) is 5.91 Å². The highest BCUT2D eigenvalue weighted by atomic mass is 32.2. The van der Waals surface area contributed by atoms with Gasteiger partial charge >= 0.3 is 0 Å². The van der Waals surface area contributed by atoms with Crippen LogP contribution in [0.5, 0.6) is 0 Å². The van der Waals surface area contributed by atoms with E-state index in [1.807, 2.05) is 6.92 Å². The molecule has 7 nitrogen and oxygen atoms in total. The molecule has 0 aliphatic carbocycles. The number of hydrogen-bond acceptors (Lipinski definition) is 5. The Labute approximate surface area is 142 Å². The Morgan fingerprint density at radius 2 is 1.67 bits per heavy atom. The Hall–Kier alpha value is -2.87. The fourth-order valence-corrected chi connectivity index (χ4v) is 2.45. The van der Waals surface area contributed by atoms with Gasteiger partial charge in [-0.15, -0.1) is 11.8 Å². The molecule has 0 saturated carbocycles. The van der Waals surface area contributed by atoms with Crippen molar-refractivity contribution in [1.82, 2.24) is 10.9 Å². The summed E-state index contributed by atoms with van der Waals surface area (Å²) in [5.41, 5.74) is 6.15. The summed E-state index contributed by atoms with van der Waals surface area (Å²) in [4.78, 5) is 34.4. The zero-order valence-corrected chi connectivity index (χ0v) is 13.6. The number of carbonyl (C=O) groups is 2. The minimum Gasteiger partial charge on any atom is -0.272 e. The molecule has 2 aromatic carbocycles. The van der Waals surface area contributed by atoms with Gasteiger partial charge in [0.15, 0.2) is 0 Å². The van der Waals surface area contributed by atoms with Gasteiger partial charge in [-0.2, -0.15) is 0 Å². The van der Waals surface area contributed by atoms with Gasteiger partial charge < -0.3 is 0 Å². The van der Waals surface area contributed by atoms with E-state index in [1.165, 1.54) is 23.9 Å². The van der Waals surface area contributed by atoms with E-state index in [-0.39, 0.29) is 17.3 Å². The van der Waals surface area contributed by atoms with Gasteiger partial charge in [0.25, 0.3) is 11.6 Å². The Kier molecular flexibility index (Phi) is 5.91. The number of nitro benzene ring substituents is 1. The molecule has 0 fully saturated rings. The first-order chi connectivity index (χ1) is 11.5. The molecule has 2 rings (SSSR count). The van der Waals surface area contributed by atoms with Crippen LogP contribution in [0.1, 0.15) is 15.9 Å². The van der Waals surface area contributed by atoms with Crippen LogP contribution < -0.4 is 10.9 Å². The number of carbonyl (C=O) groups excluding carboxylic acids is 2. The second kappa shape index (κ2) is 8.11. The molecule has 0 aliphatic heterocycles. The van der Waals surface area contributed by atoms with Crippen LogP contribution in [0.2, 0.25) is 0 Å². The summed E-state index contributed by atoms with van der Waals surface area (Å²) in [5.74, 6) is -0.700. The molecule has 0 unspecified atom stereocenters. The van der Waals surface area contributed by atoms with Crippen molar-refractivity contribution < 1.29 is 14.5 Å². The van der Waals surface area contributed by atoms with E-state index in [4.69, 9.17) is 0 Å². The minimum absolute atomic E-state index is 0.00540. The van der Waals surface area contributed by atoms with Crippen LogP contribution in [-0.4, -0.2) is 22.5 Å². The standard InChI is InChI=1S/C16H15N3O4S/c1-11-2-4-12(5-3-11)16(21)18-17-15(20)10-24-14-8-6-13(7-9-14)19(22)23/h2-9H,10H2,1H3,(H,17,20)(H,18,21). The number of amides is 2. The van der Waals surface area contributed by atoms with Crippen LogP contribution >= 0.6 is 11.8 Å². The molecule has 2 amide bonds. The summed E-state index contributed by atoms with van der Waals surface area (Å²) >= 11 is 1.21. The number of thioether (sulfide) groups is 1. The van der Waals surface area contributed by atoms with E-state index in [9.17, 15) is 19.7 Å². The third-order valence-corrected chi connectivity index (χ3v) is 4.06. The number of hydrazine groups is 1. The zero-order valence-electron chi connectivity index (χ0n) is 12.8. The first-order valence-electron chi connectivity index (χ1n) is 6.99. The molecule has 0 spiro atoms. The van der Waals surface area contributed by atoms with Gasteiger partial charge in [-0.3, -0.25) is 30.6 Å². The third-order valence-electron chi connectivity index (χ3n) is 3.05. The molecule has 0 aliphatic rings. The predicted molar refractivity (Wildman–Crippen MR) is 90.6 cm³/mol. The van der Waals surface area contributed by atoms with E-state index in [2.05, 4.69) is 10.9 Å².